The summed E-state index contributed by atoms with van der Waals surface area (Å²) in [6.07, 6.45) is 4.36. The quantitative estimate of drug-likeness (QED) is 0.511. The first-order chi connectivity index (χ1) is 14.9. The van der Waals surface area contributed by atoms with Crippen molar-refractivity contribution in [3.8, 4) is 0 Å². The van der Waals surface area contributed by atoms with Crippen LogP contribution in [0, 0.1) is 0 Å². The molecule has 1 aliphatic rings. The minimum Gasteiger partial charge on any atom is -0.361 e. The SMILES string of the molecule is O=C(CCc1c[nH]c2ccccc12)NNC(=O)c1ccc(S(=O)(=O)N2CCCC2)cc1. The molecule has 31 heavy (non-hydrogen) atoms. The van der Waals surface area contributed by atoms with E-state index in [0.717, 1.165) is 29.3 Å². The highest BCUT2D eigenvalue weighted by molar-refractivity contribution is 7.89. The fourth-order valence-corrected chi connectivity index (χ4v) is 5.22. The van der Waals surface area contributed by atoms with Crippen LogP contribution in [0.4, 0.5) is 0 Å². The zero-order chi connectivity index (χ0) is 21.8. The molecule has 3 aromatic rings. The van der Waals surface area contributed by atoms with Crippen molar-refractivity contribution < 1.29 is 18.0 Å². The number of para-hydroxylation sites is 1. The molecule has 0 aliphatic carbocycles. The maximum absolute atomic E-state index is 12.5. The van der Waals surface area contributed by atoms with Crippen LogP contribution in [0.25, 0.3) is 10.9 Å². The molecule has 0 atom stereocenters. The average Bonchev–Trinajstić information content (AvgIpc) is 3.47. The van der Waals surface area contributed by atoms with Gasteiger partial charge in [0.25, 0.3) is 5.91 Å². The van der Waals surface area contributed by atoms with Crippen LogP contribution >= 0.6 is 0 Å². The number of H-pyrrole nitrogens is 1. The average molecular weight is 441 g/mol. The number of hydrazine groups is 1. The van der Waals surface area contributed by atoms with Crippen molar-refractivity contribution in [1.82, 2.24) is 20.1 Å². The molecule has 1 aromatic heterocycles. The van der Waals surface area contributed by atoms with E-state index in [0.29, 0.717) is 19.5 Å². The van der Waals surface area contributed by atoms with Crippen molar-refractivity contribution in [2.45, 2.75) is 30.6 Å². The second-order valence-electron chi connectivity index (χ2n) is 7.50. The van der Waals surface area contributed by atoms with Gasteiger partial charge >= 0.3 is 0 Å². The number of sulfonamides is 1. The van der Waals surface area contributed by atoms with Gasteiger partial charge in [-0.3, -0.25) is 20.4 Å². The van der Waals surface area contributed by atoms with Gasteiger partial charge in [0, 0.05) is 42.2 Å². The van der Waals surface area contributed by atoms with Gasteiger partial charge in [0.2, 0.25) is 15.9 Å². The van der Waals surface area contributed by atoms with Gasteiger partial charge in [-0.15, -0.1) is 0 Å². The van der Waals surface area contributed by atoms with Crippen LogP contribution in [0.1, 0.15) is 35.2 Å². The Hall–Kier alpha value is -3.17. The van der Waals surface area contributed by atoms with Crippen molar-refractivity contribution in [3.63, 3.8) is 0 Å². The summed E-state index contributed by atoms with van der Waals surface area (Å²) in [4.78, 5) is 27.7. The largest absolute Gasteiger partial charge is 0.361 e. The molecule has 162 valence electrons. The van der Waals surface area contributed by atoms with Crippen molar-refractivity contribution in [1.29, 1.82) is 0 Å². The van der Waals surface area contributed by atoms with Crippen molar-refractivity contribution >= 4 is 32.7 Å². The van der Waals surface area contributed by atoms with Gasteiger partial charge in [0.15, 0.2) is 0 Å². The van der Waals surface area contributed by atoms with E-state index in [2.05, 4.69) is 15.8 Å². The lowest BCUT2D eigenvalue weighted by Crippen LogP contribution is -2.41. The Morgan fingerprint density at radius 3 is 2.42 bits per heavy atom. The molecule has 4 rings (SSSR count). The van der Waals surface area contributed by atoms with E-state index in [4.69, 9.17) is 0 Å². The van der Waals surface area contributed by atoms with E-state index in [1.807, 2.05) is 30.5 Å². The first-order valence-electron chi connectivity index (χ1n) is 10.2. The van der Waals surface area contributed by atoms with Crippen LogP contribution in [-0.4, -0.2) is 42.6 Å². The lowest BCUT2D eigenvalue weighted by molar-refractivity contribution is -0.121. The number of nitrogens with one attached hydrogen (secondary N) is 3. The molecule has 0 unspecified atom stereocenters. The Balaban J connectivity index is 1.29. The molecule has 1 saturated heterocycles. The molecular weight excluding hydrogens is 416 g/mol. The first kappa shape index (κ1) is 21.1. The molecular formula is C22H24N4O4S. The summed E-state index contributed by atoms with van der Waals surface area (Å²) in [5, 5.41) is 1.07. The third kappa shape index (κ3) is 4.62. The van der Waals surface area contributed by atoms with Gasteiger partial charge in [-0.1, -0.05) is 18.2 Å². The number of hydrogen-bond donors (Lipinski definition) is 3. The fourth-order valence-electron chi connectivity index (χ4n) is 3.70. The monoisotopic (exact) mass is 440 g/mol. The maximum Gasteiger partial charge on any atom is 0.269 e. The minimum absolute atomic E-state index is 0.161. The number of carbonyl (C=O) groups excluding carboxylic acids is 2. The molecule has 0 radical (unpaired) electrons. The van der Waals surface area contributed by atoms with Crippen LogP contribution in [0.15, 0.2) is 59.6 Å². The molecule has 9 heteroatoms. The molecule has 0 bridgehead atoms. The van der Waals surface area contributed by atoms with Crippen molar-refractivity contribution in [2.75, 3.05) is 13.1 Å². The summed E-state index contributed by atoms with van der Waals surface area (Å²) in [6, 6.07) is 13.6. The summed E-state index contributed by atoms with van der Waals surface area (Å²) < 4.78 is 26.6. The van der Waals surface area contributed by atoms with E-state index >= 15 is 0 Å². The molecule has 0 spiro atoms. The number of benzene rings is 2. The van der Waals surface area contributed by atoms with Crippen molar-refractivity contribution in [2.24, 2.45) is 0 Å². The lowest BCUT2D eigenvalue weighted by Gasteiger charge is -2.15. The molecule has 1 fully saturated rings. The van der Waals surface area contributed by atoms with Crippen LogP contribution in [0.3, 0.4) is 0 Å². The second kappa shape index (κ2) is 8.91. The van der Waals surface area contributed by atoms with Gasteiger partial charge in [-0.25, -0.2) is 8.42 Å². The van der Waals surface area contributed by atoms with E-state index in [-0.39, 0.29) is 22.8 Å². The summed E-state index contributed by atoms with van der Waals surface area (Å²) in [7, 11) is -3.52. The number of aromatic nitrogens is 1. The summed E-state index contributed by atoms with van der Waals surface area (Å²) in [5.74, 6) is -0.822. The Kier molecular flexibility index (Phi) is 6.06. The summed E-state index contributed by atoms with van der Waals surface area (Å²) in [6.45, 7) is 1.05. The molecule has 0 saturated carbocycles. The van der Waals surface area contributed by atoms with Gasteiger partial charge < -0.3 is 4.98 Å². The molecule has 3 N–H and O–H groups in total. The highest BCUT2D eigenvalue weighted by Gasteiger charge is 2.27. The zero-order valence-electron chi connectivity index (χ0n) is 16.9. The highest BCUT2D eigenvalue weighted by Crippen LogP contribution is 2.21. The molecule has 2 aromatic carbocycles. The number of hydrogen-bond acceptors (Lipinski definition) is 4. The number of amides is 2. The maximum atomic E-state index is 12.5. The van der Waals surface area contributed by atoms with E-state index in [9.17, 15) is 18.0 Å². The second-order valence-corrected chi connectivity index (χ2v) is 9.44. The number of aryl methyl sites for hydroxylation is 1. The predicted molar refractivity (Wildman–Crippen MR) is 117 cm³/mol. The normalized spacial score (nSPS) is 14.6. The Morgan fingerprint density at radius 1 is 0.968 bits per heavy atom. The molecule has 2 heterocycles. The number of nitrogens with zero attached hydrogens (tertiary/aromatic N) is 1. The first-order valence-corrected chi connectivity index (χ1v) is 11.6. The molecule has 1 aliphatic heterocycles. The molecule has 8 nitrogen and oxygen atoms in total. The van der Waals surface area contributed by atoms with Crippen LogP contribution in [0.2, 0.25) is 0 Å². The topological polar surface area (TPSA) is 111 Å². The van der Waals surface area contributed by atoms with Gasteiger partial charge in [0.05, 0.1) is 4.90 Å². The minimum atomic E-state index is -3.52. The van der Waals surface area contributed by atoms with Crippen LogP contribution in [0.5, 0.6) is 0 Å². The zero-order valence-corrected chi connectivity index (χ0v) is 17.7. The predicted octanol–water partition coefficient (Wildman–Crippen LogP) is 2.35. The fraction of sp³-hybridized carbons (Fsp3) is 0.273. The third-order valence-corrected chi connectivity index (χ3v) is 7.34. The van der Waals surface area contributed by atoms with Gasteiger partial charge in [-0.05, 0) is 55.2 Å². The van der Waals surface area contributed by atoms with E-state index in [1.54, 1.807) is 0 Å². The van der Waals surface area contributed by atoms with Crippen molar-refractivity contribution in [3.05, 3.63) is 65.9 Å². The van der Waals surface area contributed by atoms with E-state index < -0.39 is 15.9 Å². The lowest BCUT2D eigenvalue weighted by atomic mass is 10.1. The number of fused-ring (bicyclic) bond motifs is 1. The number of aromatic amines is 1. The Bertz CT molecular complexity index is 1200. The summed E-state index contributed by atoms with van der Waals surface area (Å²) in [5.41, 5.74) is 7.09. The summed E-state index contributed by atoms with van der Waals surface area (Å²) >= 11 is 0. The van der Waals surface area contributed by atoms with Crippen LogP contribution in [-0.2, 0) is 21.2 Å². The Labute approximate surface area is 180 Å². The molecule has 2 amide bonds. The number of carbonyl (C=O) groups is 2. The van der Waals surface area contributed by atoms with Gasteiger partial charge in [0.1, 0.15) is 0 Å². The number of rotatable bonds is 6. The smallest absolute Gasteiger partial charge is 0.269 e. The standard InChI is InChI=1S/C22H24N4O4S/c27-21(12-9-17-15-23-20-6-2-1-5-19(17)20)24-25-22(28)16-7-10-18(11-8-16)31(29,30)26-13-3-4-14-26/h1-2,5-8,10-11,15,23H,3-4,9,12-14H2,(H,24,27)(H,25,28). The highest BCUT2D eigenvalue weighted by atomic mass is 32.2. The van der Waals surface area contributed by atoms with Gasteiger partial charge in [-0.2, -0.15) is 4.31 Å². The van der Waals surface area contributed by atoms with Crippen LogP contribution < -0.4 is 10.9 Å². The third-order valence-electron chi connectivity index (χ3n) is 5.43. The Morgan fingerprint density at radius 2 is 1.68 bits per heavy atom. The van der Waals surface area contributed by atoms with E-state index in [1.165, 1.54) is 28.6 Å².